The summed E-state index contributed by atoms with van der Waals surface area (Å²) in [6, 6.07) is 14.8. The Balaban J connectivity index is 2.20. The second-order valence-electron chi connectivity index (χ2n) is 6.81. The molecule has 0 heterocycles. The van der Waals surface area contributed by atoms with E-state index in [9.17, 15) is 4.79 Å². The monoisotopic (exact) mass is 393 g/mol. The van der Waals surface area contributed by atoms with Crippen LogP contribution in [0.2, 0.25) is 0 Å². The molecule has 0 bridgehead atoms. The van der Waals surface area contributed by atoms with E-state index in [0.29, 0.717) is 30.2 Å². The van der Waals surface area contributed by atoms with Crippen LogP contribution in [0.1, 0.15) is 16.7 Å². The Morgan fingerprint density at radius 3 is 2.38 bits per heavy atom. The first kappa shape index (κ1) is 22.0. The number of rotatable bonds is 9. The molecule has 0 aliphatic rings. The van der Waals surface area contributed by atoms with Crippen molar-refractivity contribution in [3.05, 3.63) is 65.2 Å². The Bertz CT molecular complexity index is 883. The van der Waals surface area contributed by atoms with Crippen molar-refractivity contribution in [3.8, 4) is 17.6 Å². The second-order valence-corrected chi connectivity index (χ2v) is 6.81. The molecule has 0 unspecified atom stereocenters. The molecule has 2 aromatic carbocycles. The van der Waals surface area contributed by atoms with Gasteiger partial charge in [-0.15, -0.1) is 0 Å². The van der Waals surface area contributed by atoms with Gasteiger partial charge in [0.25, 0.3) is 0 Å². The lowest BCUT2D eigenvalue weighted by molar-refractivity contribution is -0.126. The Morgan fingerprint density at radius 2 is 1.79 bits per heavy atom. The summed E-state index contributed by atoms with van der Waals surface area (Å²) in [5.41, 5.74) is 2.35. The van der Waals surface area contributed by atoms with Crippen LogP contribution >= 0.6 is 0 Å². The number of hydrogen-bond acceptors (Lipinski definition) is 5. The summed E-state index contributed by atoms with van der Waals surface area (Å²) in [7, 11) is 7.14. The van der Waals surface area contributed by atoms with Gasteiger partial charge in [-0.3, -0.25) is 4.79 Å². The smallest absolute Gasteiger partial charge is 0.246 e. The molecule has 6 heteroatoms. The van der Waals surface area contributed by atoms with E-state index < -0.39 is 0 Å². The molecule has 0 aliphatic heterocycles. The van der Waals surface area contributed by atoms with Crippen molar-refractivity contribution in [1.82, 2.24) is 9.80 Å². The third kappa shape index (κ3) is 6.66. The molecule has 0 aromatic heterocycles. The molecule has 2 rings (SSSR count). The Kier molecular flexibility index (Phi) is 8.26. The lowest BCUT2D eigenvalue weighted by Gasteiger charge is -2.23. The van der Waals surface area contributed by atoms with Crippen LogP contribution < -0.4 is 9.47 Å². The molecule has 0 N–H and O–H groups in total. The Morgan fingerprint density at radius 1 is 1.07 bits per heavy atom. The van der Waals surface area contributed by atoms with Crippen molar-refractivity contribution in [3.63, 3.8) is 0 Å². The van der Waals surface area contributed by atoms with E-state index in [2.05, 4.69) is 6.07 Å². The summed E-state index contributed by atoms with van der Waals surface area (Å²) in [5, 5.41) is 8.95. The number of carbonyl (C=O) groups excluding carboxylic acids is 1. The third-order valence-corrected chi connectivity index (χ3v) is 4.43. The van der Waals surface area contributed by atoms with Gasteiger partial charge in [0.15, 0.2) is 0 Å². The number of nitrogens with zero attached hydrogens (tertiary/aromatic N) is 3. The highest BCUT2D eigenvalue weighted by Gasteiger charge is 2.12. The number of hydrogen-bond donors (Lipinski definition) is 0. The van der Waals surface area contributed by atoms with Crippen LogP contribution in [-0.2, 0) is 11.3 Å². The van der Waals surface area contributed by atoms with Crippen LogP contribution in [0.5, 0.6) is 11.5 Å². The molecule has 0 atom stereocenters. The molecule has 0 radical (unpaired) electrons. The van der Waals surface area contributed by atoms with Gasteiger partial charge in [-0.05, 0) is 56.1 Å². The first-order valence-electron chi connectivity index (χ1n) is 9.29. The molecule has 0 saturated heterocycles. The van der Waals surface area contributed by atoms with Gasteiger partial charge >= 0.3 is 0 Å². The van der Waals surface area contributed by atoms with Crippen LogP contribution in [0, 0.1) is 11.3 Å². The van der Waals surface area contributed by atoms with Crippen molar-refractivity contribution >= 4 is 12.0 Å². The third-order valence-electron chi connectivity index (χ3n) is 4.43. The van der Waals surface area contributed by atoms with E-state index in [4.69, 9.17) is 14.7 Å². The second kappa shape index (κ2) is 10.9. The zero-order valence-electron chi connectivity index (χ0n) is 17.4. The predicted molar refractivity (Wildman–Crippen MR) is 114 cm³/mol. The summed E-state index contributed by atoms with van der Waals surface area (Å²) in [4.78, 5) is 16.7. The summed E-state index contributed by atoms with van der Waals surface area (Å²) in [5.74, 6) is 1.27. The van der Waals surface area contributed by atoms with E-state index >= 15 is 0 Å². The van der Waals surface area contributed by atoms with Crippen LogP contribution in [0.15, 0.2) is 48.5 Å². The van der Waals surface area contributed by atoms with Crippen molar-refractivity contribution in [2.24, 2.45) is 0 Å². The van der Waals surface area contributed by atoms with Gasteiger partial charge in [-0.25, -0.2) is 0 Å². The number of likely N-dealkylation sites (N-methyl/N-ethyl adjacent to an activating group) is 1. The number of methoxy groups -OCH3 is 2. The van der Waals surface area contributed by atoms with Crippen molar-refractivity contribution in [2.45, 2.75) is 6.54 Å². The maximum Gasteiger partial charge on any atom is 0.246 e. The lowest BCUT2D eigenvalue weighted by atomic mass is 10.1. The molecule has 0 saturated carbocycles. The van der Waals surface area contributed by atoms with Gasteiger partial charge in [0.2, 0.25) is 5.91 Å². The maximum atomic E-state index is 12.9. The molecule has 29 heavy (non-hydrogen) atoms. The van der Waals surface area contributed by atoms with Crippen LogP contribution in [0.25, 0.3) is 6.08 Å². The van der Waals surface area contributed by atoms with Crippen LogP contribution in [0.4, 0.5) is 0 Å². The zero-order chi connectivity index (χ0) is 21.2. The maximum absolute atomic E-state index is 12.9. The molecule has 0 spiro atoms. The normalized spacial score (nSPS) is 10.8. The molecule has 1 amide bonds. The Labute approximate surface area is 172 Å². The highest BCUT2D eigenvalue weighted by atomic mass is 16.5. The quantitative estimate of drug-likeness (QED) is 0.612. The van der Waals surface area contributed by atoms with E-state index in [0.717, 1.165) is 17.7 Å². The number of nitriles is 1. The predicted octanol–water partition coefficient (Wildman–Crippen LogP) is 3.18. The summed E-state index contributed by atoms with van der Waals surface area (Å²) >= 11 is 0. The molecule has 2 aromatic rings. The van der Waals surface area contributed by atoms with Gasteiger partial charge in [0, 0.05) is 31.3 Å². The van der Waals surface area contributed by atoms with Gasteiger partial charge < -0.3 is 19.3 Å². The molecule has 6 nitrogen and oxygen atoms in total. The first-order chi connectivity index (χ1) is 14.0. The summed E-state index contributed by atoms with van der Waals surface area (Å²) in [6.07, 6.45) is 3.29. The fourth-order valence-electron chi connectivity index (χ4n) is 2.73. The average molecular weight is 393 g/mol. The van der Waals surface area contributed by atoms with E-state index in [1.807, 2.05) is 49.3 Å². The SMILES string of the molecule is COc1ccc(OC)c(C=CC(=O)N(CCN(C)C)Cc2ccc(C#N)cc2)c1. The van der Waals surface area contributed by atoms with Crippen molar-refractivity contribution < 1.29 is 14.3 Å². The van der Waals surface area contributed by atoms with E-state index in [1.54, 1.807) is 43.4 Å². The fraction of sp³-hybridized carbons (Fsp3) is 0.304. The van der Waals surface area contributed by atoms with E-state index in [-0.39, 0.29) is 5.91 Å². The fourth-order valence-corrected chi connectivity index (χ4v) is 2.73. The van der Waals surface area contributed by atoms with E-state index in [1.165, 1.54) is 0 Å². The molecule has 152 valence electrons. The van der Waals surface area contributed by atoms with Crippen LogP contribution in [0.3, 0.4) is 0 Å². The summed E-state index contributed by atoms with van der Waals surface area (Å²) < 4.78 is 10.6. The van der Waals surface area contributed by atoms with Crippen molar-refractivity contribution in [1.29, 1.82) is 5.26 Å². The molecular formula is C23H27N3O3. The first-order valence-corrected chi connectivity index (χ1v) is 9.29. The largest absolute Gasteiger partial charge is 0.497 e. The highest BCUT2D eigenvalue weighted by Crippen LogP contribution is 2.25. The summed E-state index contributed by atoms with van der Waals surface area (Å²) in [6.45, 7) is 1.81. The highest BCUT2D eigenvalue weighted by molar-refractivity contribution is 5.92. The number of benzene rings is 2. The zero-order valence-corrected chi connectivity index (χ0v) is 17.4. The average Bonchev–Trinajstić information content (AvgIpc) is 2.74. The topological polar surface area (TPSA) is 65.8 Å². The number of carbonyl (C=O) groups is 1. The van der Waals surface area contributed by atoms with Crippen LogP contribution in [-0.4, -0.2) is 57.1 Å². The lowest BCUT2D eigenvalue weighted by Crippen LogP contribution is -2.35. The minimum absolute atomic E-state index is 0.0962. The standard InChI is InChI=1S/C23H27N3O3/c1-25(2)13-14-26(17-19-7-5-18(16-24)6-8-19)23(27)12-9-20-15-21(28-3)10-11-22(20)29-4/h5-12,15H,13-14,17H2,1-4H3. The minimum atomic E-state index is -0.0962. The number of amides is 1. The molecule has 0 fully saturated rings. The molecular weight excluding hydrogens is 366 g/mol. The Hall–Kier alpha value is -3.30. The van der Waals surface area contributed by atoms with Gasteiger partial charge in [0.05, 0.1) is 25.9 Å². The number of ether oxygens (including phenoxy) is 2. The van der Waals surface area contributed by atoms with Gasteiger partial charge in [-0.1, -0.05) is 12.1 Å². The van der Waals surface area contributed by atoms with Gasteiger partial charge in [-0.2, -0.15) is 5.26 Å². The van der Waals surface area contributed by atoms with Gasteiger partial charge in [0.1, 0.15) is 11.5 Å². The molecule has 0 aliphatic carbocycles. The van der Waals surface area contributed by atoms with Crippen molar-refractivity contribution in [2.75, 3.05) is 41.4 Å². The minimum Gasteiger partial charge on any atom is -0.497 e.